The summed E-state index contributed by atoms with van der Waals surface area (Å²) < 4.78 is 0. The van der Waals surface area contributed by atoms with Gasteiger partial charge in [0.1, 0.15) is 0 Å². The lowest BCUT2D eigenvalue weighted by atomic mass is 9.86. The monoisotopic (exact) mass is 272 g/mol. The Morgan fingerprint density at radius 1 is 1.32 bits per heavy atom. The number of carbonyl (C=O) groups is 2. The summed E-state index contributed by atoms with van der Waals surface area (Å²) in [7, 11) is 1.86. The summed E-state index contributed by atoms with van der Waals surface area (Å²) in [5.41, 5.74) is 0.0149. The van der Waals surface area contributed by atoms with Gasteiger partial charge in [-0.3, -0.25) is 14.5 Å². The third-order valence-electron chi connectivity index (χ3n) is 2.96. The van der Waals surface area contributed by atoms with Crippen LogP contribution in [-0.4, -0.2) is 36.9 Å². The van der Waals surface area contributed by atoms with E-state index in [0.717, 1.165) is 12.8 Å². The van der Waals surface area contributed by atoms with Crippen molar-refractivity contribution in [3.63, 3.8) is 0 Å². The average Bonchev–Trinajstić information content (AvgIpc) is 2.38. The van der Waals surface area contributed by atoms with Gasteiger partial charge in [-0.25, -0.2) is 0 Å². The van der Waals surface area contributed by atoms with Crippen molar-refractivity contribution < 1.29 is 9.59 Å². The summed E-state index contributed by atoms with van der Waals surface area (Å²) >= 11 is 0. The molecular weight excluding hydrogens is 240 g/mol. The Balaban J connectivity index is 0. The third kappa shape index (κ3) is 8.76. The number of likely N-dealkylation sites (N-methyl/N-ethyl adjacent to an activating group) is 1. The Hall–Kier alpha value is -0.900. The number of rotatable bonds is 7. The van der Waals surface area contributed by atoms with Gasteiger partial charge in [-0.05, 0) is 18.9 Å². The van der Waals surface area contributed by atoms with Crippen LogP contribution in [0.2, 0.25) is 0 Å². The van der Waals surface area contributed by atoms with Gasteiger partial charge in [-0.15, -0.1) is 0 Å². The summed E-state index contributed by atoms with van der Waals surface area (Å²) in [6, 6.07) is 0.110. The molecule has 0 saturated carbocycles. The van der Waals surface area contributed by atoms with Crippen LogP contribution in [0.5, 0.6) is 0 Å². The Morgan fingerprint density at radius 3 is 2.16 bits per heavy atom. The van der Waals surface area contributed by atoms with Crippen LogP contribution < -0.4 is 5.32 Å². The van der Waals surface area contributed by atoms with Gasteiger partial charge in [0.2, 0.25) is 12.3 Å². The zero-order valence-corrected chi connectivity index (χ0v) is 13.7. The fourth-order valence-electron chi connectivity index (χ4n) is 1.67. The molecule has 4 heteroatoms. The van der Waals surface area contributed by atoms with E-state index in [2.05, 4.69) is 26.1 Å². The number of hydrogen-bond donors (Lipinski definition) is 1. The minimum Gasteiger partial charge on any atom is -0.315 e. The lowest BCUT2D eigenvalue weighted by Gasteiger charge is -2.33. The summed E-state index contributed by atoms with van der Waals surface area (Å²) in [5, 5.41) is 3.16. The second-order valence-electron chi connectivity index (χ2n) is 5.46. The molecule has 19 heavy (non-hydrogen) atoms. The van der Waals surface area contributed by atoms with Gasteiger partial charge in [0.25, 0.3) is 0 Å². The third-order valence-corrected chi connectivity index (χ3v) is 2.96. The van der Waals surface area contributed by atoms with Gasteiger partial charge in [0.15, 0.2) is 0 Å². The molecule has 0 spiro atoms. The van der Waals surface area contributed by atoms with Gasteiger partial charge in [-0.2, -0.15) is 0 Å². The highest BCUT2D eigenvalue weighted by atomic mass is 16.2. The van der Waals surface area contributed by atoms with Gasteiger partial charge < -0.3 is 5.32 Å². The van der Waals surface area contributed by atoms with Crippen LogP contribution in [0.3, 0.4) is 0 Å². The van der Waals surface area contributed by atoms with Gasteiger partial charge in [0.05, 0.1) is 0 Å². The first-order valence-corrected chi connectivity index (χ1v) is 7.28. The minimum atomic E-state index is -0.0775. The molecule has 2 amide bonds. The number of unbranched alkanes of at least 4 members (excludes halogenated alkanes) is 1. The molecule has 0 radical (unpaired) electrons. The molecule has 1 unspecified atom stereocenters. The second kappa shape index (κ2) is 11.0. The summed E-state index contributed by atoms with van der Waals surface area (Å²) in [5.74, 6) is -0.0775. The summed E-state index contributed by atoms with van der Waals surface area (Å²) in [6.07, 6.45) is 2.90. The predicted molar refractivity (Wildman–Crippen MR) is 81.0 cm³/mol. The molecule has 0 rings (SSSR count). The first-order valence-electron chi connectivity index (χ1n) is 7.28. The van der Waals surface area contributed by atoms with Crippen LogP contribution in [0.15, 0.2) is 0 Å². The van der Waals surface area contributed by atoms with Crippen LogP contribution in [0.25, 0.3) is 0 Å². The van der Waals surface area contributed by atoms with Crippen molar-refractivity contribution in [2.45, 2.75) is 66.8 Å². The smallest absolute Gasteiger partial charge is 0.229 e. The maximum Gasteiger partial charge on any atom is 0.229 e. The number of nitrogens with one attached hydrogen (secondary N) is 1. The quantitative estimate of drug-likeness (QED) is 0.725. The van der Waals surface area contributed by atoms with Crippen molar-refractivity contribution in [2.75, 3.05) is 13.6 Å². The first kappa shape index (κ1) is 20.4. The highest BCUT2D eigenvalue weighted by Gasteiger charge is 2.26. The minimum absolute atomic E-state index is 0.0149. The first-order chi connectivity index (χ1) is 8.86. The molecule has 0 aromatic heterocycles. The van der Waals surface area contributed by atoms with Crippen LogP contribution in [0.1, 0.15) is 60.8 Å². The molecule has 0 saturated heterocycles. The fourth-order valence-corrected chi connectivity index (χ4v) is 1.67. The van der Waals surface area contributed by atoms with E-state index in [1.54, 1.807) is 0 Å². The van der Waals surface area contributed by atoms with E-state index in [-0.39, 0.29) is 17.4 Å². The lowest BCUT2D eigenvalue weighted by Crippen LogP contribution is -2.48. The molecule has 0 aliphatic rings. The van der Waals surface area contributed by atoms with Crippen LogP contribution >= 0.6 is 0 Å². The Bertz CT molecular complexity index is 247. The fraction of sp³-hybridized carbons (Fsp3) is 0.867. The van der Waals surface area contributed by atoms with E-state index in [9.17, 15) is 9.59 Å². The molecule has 114 valence electrons. The number of nitrogens with zero attached hydrogens (tertiary/aromatic N) is 1. The van der Waals surface area contributed by atoms with Gasteiger partial charge >= 0.3 is 0 Å². The van der Waals surface area contributed by atoms with E-state index in [0.29, 0.717) is 19.4 Å². The largest absolute Gasteiger partial charge is 0.315 e. The van der Waals surface area contributed by atoms with Crippen molar-refractivity contribution in [3.8, 4) is 0 Å². The van der Waals surface area contributed by atoms with E-state index >= 15 is 0 Å². The molecular formula is C15H32N2O2. The highest BCUT2D eigenvalue weighted by Crippen LogP contribution is 2.19. The molecule has 0 aromatic carbocycles. The molecule has 0 aliphatic carbocycles. The van der Waals surface area contributed by atoms with E-state index in [1.165, 1.54) is 4.90 Å². The summed E-state index contributed by atoms with van der Waals surface area (Å²) in [6.45, 7) is 12.7. The van der Waals surface area contributed by atoms with Gasteiger partial charge in [0, 0.05) is 19.0 Å². The molecule has 0 aromatic rings. The normalized spacial score (nSPS) is 12.2. The average molecular weight is 272 g/mol. The van der Waals surface area contributed by atoms with Crippen molar-refractivity contribution >= 4 is 12.3 Å². The molecule has 0 bridgehead atoms. The topological polar surface area (TPSA) is 49.4 Å². The van der Waals surface area contributed by atoms with Crippen molar-refractivity contribution in [1.29, 1.82) is 0 Å². The zero-order valence-electron chi connectivity index (χ0n) is 13.7. The maximum absolute atomic E-state index is 11.8. The second-order valence-corrected chi connectivity index (χ2v) is 5.46. The number of imide groups is 1. The van der Waals surface area contributed by atoms with Crippen LogP contribution in [-0.2, 0) is 9.59 Å². The Morgan fingerprint density at radius 2 is 1.84 bits per heavy atom. The zero-order chi connectivity index (χ0) is 15.5. The van der Waals surface area contributed by atoms with E-state index in [1.807, 2.05) is 27.8 Å². The highest BCUT2D eigenvalue weighted by molar-refractivity contribution is 5.86. The lowest BCUT2D eigenvalue weighted by molar-refractivity contribution is -0.139. The Labute approximate surface area is 118 Å². The van der Waals surface area contributed by atoms with Crippen molar-refractivity contribution in [3.05, 3.63) is 0 Å². The number of hydrogen-bond acceptors (Lipinski definition) is 3. The SMILES string of the molecule is CC.CCCCC(=O)N(C=O)CC(NC)C(C)(C)C. The summed E-state index contributed by atoms with van der Waals surface area (Å²) in [4.78, 5) is 24.0. The molecule has 4 nitrogen and oxygen atoms in total. The van der Waals surface area contributed by atoms with E-state index in [4.69, 9.17) is 0 Å². The maximum atomic E-state index is 11.8. The molecule has 0 aliphatic heterocycles. The van der Waals surface area contributed by atoms with Gasteiger partial charge in [-0.1, -0.05) is 48.0 Å². The van der Waals surface area contributed by atoms with Crippen molar-refractivity contribution in [1.82, 2.24) is 10.2 Å². The molecule has 1 N–H and O–H groups in total. The Kier molecular flexibility index (Phi) is 11.8. The number of amides is 2. The van der Waals surface area contributed by atoms with Crippen molar-refractivity contribution in [2.24, 2.45) is 5.41 Å². The molecule has 1 atom stereocenters. The molecule has 0 fully saturated rings. The van der Waals surface area contributed by atoms with Crippen LogP contribution in [0, 0.1) is 5.41 Å². The number of carbonyl (C=O) groups excluding carboxylic acids is 2. The predicted octanol–water partition coefficient (Wildman–Crippen LogP) is 2.82. The standard InChI is InChI=1S/C13H26N2O2.C2H6/c1-6-7-8-12(17)15(10-16)9-11(14-5)13(2,3)4;1-2/h10-11,14H,6-9H2,1-5H3;1-2H3. The molecule has 0 heterocycles. The van der Waals surface area contributed by atoms with Crippen LogP contribution in [0.4, 0.5) is 0 Å². The van der Waals surface area contributed by atoms with E-state index < -0.39 is 0 Å².